The Kier molecular flexibility index (Phi) is 5.02. The van der Waals surface area contributed by atoms with Crippen LogP contribution in [-0.2, 0) is 16.0 Å². The number of halogens is 3. The first-order chi connectivity index (χ1) is 14.7. The van der Waals surface area contributed by atoms with Crippen LogP contribution in [-0.4, -0.2) is 23.4 Å². The Hall–Kier alpha value is -3.66. The minimum Gasteiger partial charge on any atom is -0.399 e. The normalized spacial score (nSPS) is 12.1. The largest absolute Gasteiger partial charge is 0.416 e. The van der Waals surface area contributed by atoms with E-state index in [1.54, 1.807) is 54.6 Å². The van der Waals surface area contributed by atoms with Crippen LogP contribution in [0.15, 0.2) is 88.8 Å². The zero-order valence-electron chi connectivity index (χ0n) is 15.8. The average molecular weight is 444 g/mol. The minimum atomic E-state index is -4.69. The molecule has 10 heteroatoms. The fraction of sp³-hybridized carbons (Fsp3) is 0.0476. The highest BCUT2D eigenvalue weighted by Gasteiger charge is 2.34. The highest BCUT2D eigenvalue weighted by atomic mass is 32.2. The van der Waals surface area contributed by atoms with Gasteiger partial charge < -0.3 is 5.73 Å². The summed E-state index contributed by atoms with van der Waals surface area (Å²) in [7, 11) is -4.42. The predicted molar refractivity (Wildman–Crippen MR) is 108 cm³/mol. The van der Waals surface area contributed by atoms with Crippen LogP contribution in [0.1, 0.15) is 5.56 Å². The van der Waals surface area contributed by atoms with Crippen LogP contribution in [0.3, 0.4) is 0 Å². The number of hydrogen-bond acceptors (Lipinski definition) is 5. The average Bonchev–Trinajstić information content (AvgIpc) is 3.20. The van der Waals surface area contributed by atoms with Crippen molar-refractivity contribution in [1.82, 2.24) is 15.0 Å². The van der Waals surface area contributed by atoms with E-state index in [0.717, 1.165) is 18.2 Å². The van der Waals surface area contributed by atoms with Gasteiger partial charge in [-0.15, -0.1) is 5.10 Å². The van der Waals surface area contributed by atoms with E-state index >= 15 is 0 Å². The van der Waals surface area contributed by atoms with Crippen molar-refractivity contribution in [3.63, 3.8) is 0 Å². The molecule has 2 N–H and O–H groups in total. The maximum absolute atomic E-state index is 13.3. The van der Waals surface area contributed by atoms with Gasteiger partial charge >= 0.3 is 6.18 Å². The molecule has 4 aromatic rings. The van der Waals surface area contributed by atoms with Crippen molar-refractivity contribution < 1.29 is 21.6 Å². The van der Waals surface area contributed by atoms with Crippen LogP contribution in [0.2, 0.25) is 0 Å². The molecule has 0 atom stereocenters. The standard InChI is InChI=1S/C21H15F3N4O2S/c22-21(23,24)15-7-4-8-18(13-15)31(29,30)20-19(14-5-2-1-3-6-14)28(27-26-20)17-11-9-16(25)10-12-17/h1-13H,25H2. The molecule has 31 heavy (non-hydrogen) atoms. The molecule has 0 aliphatic heterocycles. The van der Waals surface area contributed by atoms with Gasteiger partial charge in [-0.05, 0) is 42.5 Å². The first-order valence-corrected chi connectivity index (χ1v) is 10.5. The maximum Gasteiger partial charge on any atom is 0.416 e. The molecule has 0 saturated carbocycles. The Morgan fingerprint density at radius 3 is 2.19 bits per heavy atom. The van der Waals surface area contributed by atoms with Crippen LogP contribution >= 0.6 is 0 Å². The molecule has 0 aliphatic rings. The second-order valence-electron chi connectivity index (χ2n) is 6.64. The molecule has 0 fully saturated rings. The molecule has 4 rings (SSSR count). The van der Waals surface area contributed by atoms with E-state index in [9.17, 15) is 21.6 Å². The number of nitrogens with zero attached hydrogens (tertiary/aromatic N) is 3. The van der Waals surface area contributed by atoms with Gasteiger partial charge in [0.2, 0.25) is 14.9 Å². The summed E-state index contributed by atoms with van der Waals surface area (Å²) in [5.41, 5.74) is 6.25. The lowest BCUT2D eigenvalue weighted by molar-refractivity contribution is -0.137. The third-order valence-electron chi connectivity index (χ3n) is 4.55. The Balaban J connectivity index is 1.94. The number of sulfone groups is 1. The van der Waals surface area contributed by atoms with E-state index in [2.05, 4.69) is 10.3 Å². The van der Waals surface area contributed by atoms with Gasteiger partial charge in [0, 0.05) is 11.3 Å². The molecule has 0 amide bonds. The van der Waals surface area contributed by atoms with Crippen LogP contribution in [0.4, 0.5) is 18.9 Å². The zero-order chi connectivity index (χ0) is 22.2. The van der Waals surface area contributed by atoms with Crippen LogP contribution in [0.25, 0.3) is 16.9 Å². The SMILES string of the molecule is Nc1ccc(-n2nnc(S(=O)(=O)c3cccc(C(F)(F)F)c3)c2-c2ccccc2)cc1. The Labute approximate surface area is 175 Å². The smallest absolute Gasteiger partial charge is 0.399 e. The molecular weight excluding hydrogens is 429 g/mol. The lowest BCUT2D eigenvalue weighted by Gasteiger charge is -2.11. The Bertz CT molecular complexity index is 1330. The molecule has 6 nitrogen and oxygen atoms in total. The predicted octanol–water partition coefficient (Wildman–Crippen LogP) is 4.37. The van der Waals surface area contributed by atoms with Crippen LogP contribution in [0.5, 0.6) is 0 Å². The number of anilines is 1. The van der Waals surface area contributed by atoms with Gasteiger partial charge in [0.25, 0.3) is 0 Å². The molecule has 3 aromatic carbocycles. The van der Waals surface area contributed by atoms with E-state index < -0.39 is 31.5 Å². The van der Waals surface area contributed by atoms with E-state index in [4.69, 9.17) is 5.73 Å². The van der Waals surface area contributed by atoms with Gasteiger partial charge in [-0.2, -0.15) is 13.2 Å². The summed E-state index contributed by atoms with van der Waals surface area (Å²) in [6.07, 6.45) is -4.69. The van der Waals surface area contributed by atoms with Crippen molar-refractivity contribution in [3.05, 3.63) is 84.4 Å². The first kappa shape index (κ1) is 20.6. The topological polar surface area (TPSA) is 90.9 Å². The van der Waals surface area contributed by atoms with Crippen LogP contribution < -0.4 is 5.73 Å². The third-order valence-corrected chi connectivity index (χ3v) is 6.21. The summed E-state index contributed by atoms with van der Waals surface area (Å²) in [5.74, 6) is 0. The maximum atomic E-state index is 13.3. The zero-order valence-corrected chi connectivity index (χ0v) is 16.6. The second kappa shape index (κ2) is 7.55. The molecule has 0 radical (unpaired) electrons. The van der Waals surface area contributed by atoms with E-state index in [1.165, 1.54) is 4.68 Å². The lowest BCUT2D eigenvalue weighted by atomic mass is 10.1. The Morgan fingerprint density at radius 2 is 1.55 bits per heavy atom. The number of benzene rings is 3. The summed E-state index contributed by atoms with van der Waals surface area (Å²) in [6.45, 7) is 0. The highest BCUT2D eigenvalue weighted by Crippen LogP contribution is 2.35. The molecule has 0 aliphatic carbocycles. The molecule has 0 bridgehead atoms. The van der Waals surface area contributed by atoms with Crippen molar-refractivity contribution in [2.24, 2.45) is 0 Å². The van der Waals surface area contributed by atoms with E-state index in [-0.39, 0.29) is 5.69 Å². The molecule has 1 heterocycles. The number of nitrogens with two attached hydrogens (primary N) is 1. The Morgan fingerprint density at radius 1 is 0.871 bits per heavy atom. The summed E-state index contributed by atoms with van der Waals surface area (Å²) >= 11 is 0. The quantitative estimate of drug-likeness (QED) is 0.472. The van der Waals surface area contributed by atoms with Crippen LogP contribution in [0, 0.1) is 0 Å². The van der Waals surface area contributed by atoms with Gasteiger partial charge in [0.15, 0.2) is 0 Å². The molecule has 0 saturated heterocycles. The summed E-state index contributed by atoms with van der Waals surface area (Å²) in [4.78, 5) is -0.524. The second-order valence-corrected chi connectivity index (χ2v) is 8.51. The van der Waals surface area contributed by atoms with Crippen molar-refractivity contribution in [2.75, 3.05) is 5.73 Å². The summed E-state index contributed by atoms with van der Waals surface area (Å²) in [6, 6.07) is 18.5. The molecule has 0 spiro atoms. The van der Waals surface area contributed by atoms with Gasteiger partial charge in [-0.1, -0.05) is 41.6 Å². The number of alkyl halides is 3. The monoisotopic (exact) mass is 444 g/mol. The third kappa shape index (κ3) is 3.89. The molecule has 158 valence electrons. The van der Waals surface area contributed by atoms with Crippen molar-refractivity contribution in [2.45, 2.75) is 16.1 Å². The number of aromatic nitrogens is 3. The minimum absolute atomic E-state index is 0.128. The fourth-order valence-electron chi connectivity index (χ4n) is 3.04. The highest BCUT2D eigenvalue weighted by molar-refractivity contribution is 7.91. The van der Waals surface area contributed by atoms with Gasteiger partial charge in [-0.3, -0.25) is 0 Å². The number of rotatable bonds is 4. The van der Waals surface area contributed by atoms with Gasteiger partial charge in [-0.25, -0.2) is 13.1 Å². The lowest BCUT2D eigenvalue weighted by Crippen LogP contribution is -2.09. The molecule has 0 unspecified atom stereocenters. The molecular formula is C21H15F3N4O2S. The summed E-state index contributed by atoms with van der Waals surface area (Å²) in [5, 5.41) is 7.37. The van der Waals surface area contributed by atoms with Crippen molar-refractivity contribution >= 4 is 15.5 Å². The fourth-order valence-corrected chi connectivity index (χ4v) is 4.40. The number of nitrogen functional groups attached to an aromatic ring is 1. The first-order valence-electron chi connectivity index (χ1n) is 8.97. The number of hydrogen-bond donors (Lipinski definition) is 1. The summed E-state index contributed by atoms with van der Waals surface area (Å²) < 4.78 is 67.3. The molecule has 1 aromatic heterocycles. The van der Waals surface area contributed by atoms with E-state index in [0.29, 0.717) is 23.0 Å². The van der Waals surface area contributed by atoms with Gasteiger partial charge in [0.1, 0.15) is 5.69 Å². The van der Waals surface area contributed by atoms with E-state index in [1.807, 2.05) is 0 Å². The van der Waals surface area contributed by atoms with Crippen molar-refractivity contribution in [1.29, 1.82) is 0 Å². The van der Waals surface area contributed by atoms with Crippen molar-refractivity contribution in [3.8, 4) is 16.9 Å². The van der Waals surface area contributed by atoms with Gasteiger partial charge in [0.05, 0.1) is 16.1 Å².